The van der Waals surface area contributed by atoms with Gasteiger partial charge in [-0.3, -0.25) is 9.59 Å². The molecule has 0 fully saturated rings. The molecule has 0 radical (unpaired) electrons. The van der Waals surface area contributed by atoms with Gasteiger partial charge in [-0.25, -0.2) is 9.97 Å². The van der Waals surface area contributed by atoms with E-state index in [0.717, 1.165) is 11.1 Å². The van der Waals surface area contributed by atoms with Crippen molar-refractivity contribution in [1.29, 1.82) is 0 Å². The van der Waals surface area contributed by atoms with Gasteiger partial charge in [0.2, 0.25) is 11.6 Å². The van der Waals surface area contributed by atoms with Gasteiger partial charge in [0.1, 0.15) is 11.4 Å². The van der Waals surface area contributed by atoms with Crippen LogP contribution in [0.2, 0.25) is 0 Å². The smallest absolute Gasteiger partial charge is 0.206 e. The molecule has 4 nitrogen and oxygen atoms in total. The quantitative estimate of drug-likeness (QED) is 0.723. The fourth-order valence-corrected chi connectivity index (χ4v) is 2.68. The third-order valence-corrected chi connectivity index (χ3v) is 3.84. The molecule has 0 saturated heterocycles. The van der Waals surface area contributed by atoms with Crippen LogP contribution in [0.3, 0.4) is 0 Å². The first kappa shape index (κ1) is 14.2. The molecule has 1 heterocycles. The molecule has 114 valence electrons. The maximum absolute atomic E-state index is 12.1. The molecule has 3 aromatic rings. The number of allylic oxidation sites excluding steroid dienone is 2. The molecule has 1 aliphatic carbocycles. The van der Waals surface area contributed by atoms with Gasteiger partial charge in [0.05, 0.1) is 11.4 Å². The van der Waals surface area contributed by atoms with Gasteiger partial charge in [-0.1, -0.05) is 60.7 Å². The van der Waals surface area contributed by atoms with Crippen LogP contribution in [-0.2, 0) is 0 Å². The minimum Gasteiger partial charge on any atom is -0.287 e. The first-order valence-electron chi connectivity index (χ1n) is 7.53. The van der Waals surface area contributed by atoms with Crippen molar-refractivity contribution in [3.8, 4) is 22.5 Å². The molecule has 24 heavy (non-hydrogen) atoms. The summed E-state index contributed by atoms with van der Waals surface area (Å²) < 4.78 is 0. The third-order valence-electron chi connectivity index (χ3n) is 3.84. The van der Waals surface area contributed by atoms with E-state index in [1.54, 1.807) is 0 Å². The van der Waals surface area contributed by atoms with Crippen LogP contribution in [0, 0.1) is 0 Å². The lowest BCUT2D eigenvalue weighted by atomic mass is 10.00. The van der Waals surface area contributed by atoms with Crippen molar-refractivity contribution in [2.45, 2.75) is 0 Å². The molecule has 0 unspecified atom stereocenters. The number of benzene rings is 2. The number of carbonyl (C=O) groups excluding carboxylic acids is 2. The lowest BCUT2D eigenvalue weighted by molar-refractivity contribution is 0.0987. The van der Waals surface area contributed by atoms with Gasteiger partial charge < -0.3 is 0 Å². The van der Waals surface area contributed by atoms with E-state index in [1.807, 2.05) is 60.7 Å². The van der Waals surface area contributed by atoms with Gasteiger partial charge in [0, 0.05) is 11.1 Å². The van der Waals surface area contributed by atoms with E-state index in [4.69, 9.17) is 0 Å². The van der Waals surface area contributed by atoms with Crippen LogP contribution >= 0.6 is 0 Å². The molecule has 1 aromatic heterocycles. The van der Waals surface area contributed by atoms with E-state index in [-0.39, 0.29) is 23.0 Å². The second-order valence-electron chi connectivity index (χ2n) is 5.41. The number of fused-ring (bicyclic) bond motifs is 1. The Bertz CT molecular complexity index is 897. The van der Waals surface area contributed by atoms with Crippen LogP contribution < -0.4 is 0 Å². The number of carbonyl (C=O) groups is 2. The van der Waals surface area contributed by atoms with E-state index in [9.17, 15) is 9.59 Å². The summed E-state index contributed by atoms with van der Waals surface area (Å²) in [6.07, 6.45) is 2.49. The van der Waals surface area contributed by atoms with Gasteiger partial charge in [0.15, 0.2) is 0 Å². The molecular formula is C20H12N2O2. The van der Waals surface area contributed by atoms with E-state index >= 15 is 0 Å². The summed E-state index contributed by atoms with van der Waals surface area (Å²) in [5.74, 6) is -0.595. The Morgan fingerprint density at radius 2 is 0.875 bits per heavy atom. The zero-order valence-electron chi connectivity index (χ0n) is 12.6. The molecule has 0 bridgehead atoms. The van der Waals surface area contributed by atoms with Crippen LogP contribution in [0.4, 0.5) is 0 Å². The highest BCUT2D eigenvalue weighted by molar-refractivity contribution is 6.20. The molecule has 0 spiro atoms. The Kier molecular flexibility index (Phi) is 3.35. The number of ketones is 2. The summed E-state index contributed by atoms with van der Waals surface area (Å²) >= 11 is 0. The Balaban J connectivity index is 2.03. The number of aromatic nitrogens is 2. The van der Waals surface area contributed by atoms with E-state index in [0.29, 0.717) is 11.4 Å². The summed E-state index contributed by atoms with van der Waals surface area (Å²) in [7, 11) is 0. The van der Waals surface area contributed by atoms with E-state index in [1.165, 1.54) is 12.2 Å². The van der Waals surface area contributed by atoms with E-state index < -0.39 is 0 Å². The zero-order chi connectivity index (χ0) is 16.5. The van der Waals surface area contributed by atoms with Crippen LogP contribution in [0.1, 0.15) is 21.0 Å². The molecule has 4 rings (SSSR count). The van der Waals surface area contributed by atoms with Gasteiger partial charge in [-0.15, -0.1) is 0 Å². The maximum Gasteiger partial charge on any atom is 0.206 e. The Hall–Kier alpha value is -3.40. The molecule has 0 amide bonds. The van der Waals surface area contributed by atoms with E-state index in [2.05, 4.69) is 9.97 Å². The van der Waals surface area contributed by atoms with Crippen LogP contribution in [0.5, 0.6) is 0 Å². The number of hydrogen-bond acceptors (Lipinski definition) is 4. The van der Waals surface area contributed by atoms with Crippen molar-refractivity contribution in [2.24, 2.45) is 0 Å². The molecule has 0 aliphatic heterocycles. The van der Waals surface area contributed by atoms with Gasteiger partial charge >= 0.3 is 0 Å². The number of nitrogens with zero attached hydrogens (tertiary/aromatic N) is 2. The minimum absolute atomic E-state index is 0.112. The Morgan fingerprint density at radius 3 is 1.25 bits per heavy atom. The van der Waals surface area contributed by atoms with Crippen LogP contribution in [0.25, 0.3) is 22.5 Å². The average Bonchev–Trinajstić information content (AvgIpc) is 2.65. The predicted octanol–water partition coefficient (Wildman–Crippen LogP) is 3.75. The second kappa shape index (κ2) is 5.66. The van der Waals surface area contributed by atoms with Crippen LogP contribution in [-0.4, -0.2) is 21.5 Å². The first-order valence-corrected chi connectivity index (χ1v) is 7.53. The second-order valence-corrected chi connectivity index (χ2v) is 5.41. The predicted molar refractivity (Wildman–Crippen MR) is 90.7 cm³/mol. The molecule has 4 heteroatoms. The first-order chi connectivity index (χ1) is 11.7. The van der Waals surface area contributed by atoms with Gasteiger partial charge in [-0.2, -0.15) is 0 Å². The Labute approximate surface area is 138 Å². The maximum atomic E-state index is 12.1. The largest absolute Gasteiger partial charge is 0.287 e. The van der Waals surface area contributed by atoms with Crippen molar-refractivity contribution >= 4 is 11.6 Å². The third kappa shape index (κ3) is 2.34. The Morgan fingerprint density at radius 1 is 0.500 bits per heavy atom. The number of hydrogen-bond donors (Lipinski definition) is 0. The monoisotopic (exact) mass is 312 g/mol. The highest BCUT2D eigenvalue weighted by Gasteiger charge is 2.25. The summed E-state index contributed by atoms with van der Waals surface area (Å²) in [4.78, 5) is 33.3. The molecular weight excluding hydrogens is 300 g/mol. The summed E-state index contributed by atoms with van der Waals surface area (Å²) in [5.41, 5.74) is 3.11. The number of rotatable bonds is 2. The van der Waals surface area contributed by atoms with Crippen molar-refractivity contribution in [1.82, 2.24) is 9.97 Å². The summed E-state index contributed by atoms with van der Waals surface area (Å²) in [6.45, 7) is 0. The lowest BCUT2D eigenvalue weighted by Gasteiger charge is -2.14. The summed E-state index contributed by atoms with van der Waals surface area (Å²) in [6, 6.07) is 19.1. The molecule has 2 aromatic carbocycles. The van der Waals surface area contributed by atoms with Crippen molar-refractivity contribution in [2.75, 3.05) is 0 Å². The van der Waals surface area contributed by atoms with Crippen LogP contribution in [0.15, 0.2) is 72.8 Å². The fraction of sp³-hybridized carbons (Fsp3) is 0. The molecule has 0 saturated carbocycles. The molecule has 0 N–H and O–H groups in total. The lowest BCUT2D eigenvalue weighted by Crippen LogP contribution is -2.17. The van der Waals surface area contributed by atoms with Gasteiger partial charge in [-0.05, 0) is 12.2 Å². The minimum atomic E-state index is -0.297. The van der Waals surface area contributed by atoms with Crippen molar-refractivity contribution in [3.05, 3.63) is 84.2 Å². The summed E-state index contributed by atoms with van der Waals surface area (Å²) in [5, 5.41) is 0. The van der Waals surface area contributed by atoms with Crippen molar-refractivity contribution < 1.29 is 9.59 Å². The topological polar surface area (TPSA) is 59.9 Å². The standard InChI is InChI=1S/C20H12N2O2/c23-15-11-12-16(24)20-19(15)21-17(13-7-3-1-4-8-13)18(22-20)14-9-5-2-6-10-14/h1-12H. The highest BCUT2D eigenvalue weighted by atomic mass is 16.1. The van der Waals surface area contributed by atoms with Gasteiger partial charge in [0.25, 0.3) is 0 Å². The highest BCUT2D eigenvalue weighted by Crippen LogP contribution is 2.31. The van der Waals surface area contributed by atoms with Crippen molar-refractivity contribution in [3.63, 3.8) is 0 Å². The SMILES string of the molecule is O=C1C=CC(=O)c2nc(-c3ccccc3)c(-c3ccccc3)nc21. The average molecular weight is 312 g/mol. The normalized spacial score (nSPS) is 13.0. The zero-order valence-corrected chi connectivity index (χ0v) is 12.6. The molecule has 1 aliphatic rings. The molecule has 0 atom stereocenters. The fourth-order valence-electron chi connectivity index (χ4n) is 2.68.